The Morgan fingerprint density at radius 3 is 2.31 bits per heavy atom. The molecule has 0 atom stereocenters. The monoisotopic (exact) mass is 391 g/mol. The smallest absolute Gasteiger partial charge is 0.244 e. The predicted octanol–water partition coefficient (Wildman–Crippen LogP) is 1.49. The van der Waals surface area contributed by atoms with Crippen LogP contribution in [0.25, 0.3) is 0 Å². The summed E-state index contributed by atoms with van der Waals surface area (Å²) in [5.74, 6) is -3.04. The van der Waals surface area contributed by atoms with E-state index in [9.17, 15) is 22.0 Å². The van der Waals surface area contributed by atoms with E-state index in [0.29, 0.717) is 6.07 Å². The second-order valence-corrected chi connectivity index (χ2v) is 8.99. The van der Waals surface area contributed by atoms with Gasteiger partial charge in [0.05, 0.1) is 5.69 Å². The molecule has 2 rings (SSSR count). The third-order valence-corrected chi connectivity index (χ3v) is 5.61. The first-order valence-corrected chi connectivity index (χ1v) is 9.53. The molecule has 0 spiro atoms. The van der Waals surface area contributed by atoms with Crippen molar-refractivity contribution >= 4 is 21.6 Å². The number of benzene rings is 1. The first kappa shape index (κ1) is 20.7. The number of carbonyl (C=O) groups excluding carboxylic acids is 1. The molecule has 1 heterocycles. The fourth-order valence-electron chi connectivity index (χ4n) is 2.50. The molecule has 7 nitrogen and oxygen atoms in total. The summed E-state index contributed by atoms with van der Waals surface area (Å²) in [5, 5.41) is 2.27. The Kier molecular flexibility index (Phi) is 5.71. The van der Waals surface area contributed by atoms with Crippen LogP contribution < -0.4 is 15.8 Å². The van der Waals surface area contributed by atoms with E-state index < -0.39 is 49.2 Å². The normalized spacial score (nSPS) is 17.8. The van der Waals surface area contributed by atoms with Crippen molar-refractivity contribution in [3.63, 3.8) is 0 Å². The maximum Gasteiger partial charge on any atom is 0.244 e. The van der Waals surface area contributed by atoms with Gasteiger partial charge in [0, 0.05) is 24.8 Å². The maximum atomic E-state index is 14.1. The van der Waals surface area contributed by atoms with Crippen molar-refractivity contribution in [1.29, 1.82) is 0 Å². The SMILES string of the molecule is CC(C)(C)NS(=O)(=O)c1cc(NC(=O)C2(N)CCOCC2)c(F)cc1F. The molecule has 1 amide bonds. The second kappa shape index (κ2) is 7.18. The highest BCUT2D eigenvalue weighted by Gasteiger charge is 2.36. The lowest BCUT2D eigenvalue weighted by molar-refractivity contribution is -0.124. The number of rotatable bonds is 4. The summed E-state index contributed by atoms with van der Waals surface area (Å²) in [4.78, 5) is 11.6. The van der Waals surface area contributed by atoms with Crippen LogP contribution in [0, 0.1) is 11.6 Å². The van der Waals surface area contributed by atoms with Gasteiger partial charge in [-0.05, 0) is 39.7 Å². The molecule has 26 heavy (non-hydrogen) atoms. The highest BCUT2D eigenvalue weighted by Crippen LogP contribution is 2.26. The predicted molar refractivity (Wildman–Crippen MR) is 92.0 cm³/mol. The van der Waals surface area contributed by atoms with Gasteiger partial charge in [0.1, 0.15) is 22.1 Å². The van der Waals surface area contributed by atoms with Crippen LogP contribution in [0.3, 0.4) is 0 Å². The Morgan fingerprint density at radius 2 is 1.77 bits per heavy atom. The average Bonchev–Trinajstić information content (AvgIpc) is 2.47. The van der Waals surface area contributed by atoms with Gasteiger partial charge < -0.3 is 15.8 Å². The van der Waals surface area contributed by atoms with Crippen molar-refractivity contribution in [1.82, 2.24) is 4.72 Å². The van der Waals surface area contributed by atoms with Crippen LogP contribution in [0.15, 0.2) is 17.0 Å². The zero-order valence-electron chi connectivity index (χ0n) is 14.9. The van der Waals surface area contributed by atoms with E-state index in [2.05, 4.69) is 10.0 Å². The topological polar surface area (TPSA) is 111 Å². The van der Waals surface area contributed by atoms with E-state index in [1.807, 2.05) is 0 Å². The average molecular weight is 391 g/mol. The molecule has 0 bridgehead atoms. The highest BCUT2D eigenvalue weighted by molar-refractivity contribution is 7.89. The Hall–Kier alpha value is -1.62. The summed E-state index contributed by atoms with van der Waals surface area (Å²) in [6.45, 7) is 5.31. The van der Waals surface area contributed by atoms with Gasteiger partial charge in [-0.2, -0.15) is 0 Å². The van der Waals surface area contributed by atoms with Gasteiger partial charge in [-0.3, -0.25) is 4.79 Å². The lowest BCUT2D eigenvalue weighted by atomic mass is 9.90. The van der Waals surface area contributed by atoms with Gasteiger partial charge in [-0.1, -0.05) is 0 Å². The number of ether oxygens (including phenoxy) is 1. The first-order valence-electron chi connectivity index (χ1n) is 8.05. The van der Waals surface area contributed by atoms with Gasteiger partial charge in [0.25, 0.3) is 0 Å². The maximum absolute atomic E-state index is 14.1. The van der Waals surface area contributed by atoms with Gasteiger partial charge in [-0.15, -0.1) is 0 Å². The molecule has 1 aromatic rings. The van der Waals surface area contributed by atoms with E-state index in [1.54, 1.807) is 20.8 Å². The van der Waals surface area contributed by atoms with Crippen LogP contribution >= 0.6 is 0 Å². The number of hydrogen-bond donors (Lipinski definition) is 3. The fraction of sp³-hybridized carbons (Fsp3) is 0.562. The van der Waals surface area contributed by atoms with Gasteiger partial charge >= 0.3 is 0 Å². The minimum absolute atomic E-state index is 0.235. The molecule has 1 aromatic carbocycles. The lowest BCUT2D eigenvalue weighted by Gasteiger charge is -2.31. The molecule has 10 heteroatoms. The molecular formula is C16H23F2N3O4S. The zero-order chi connectivity index (χ0) is 19.8. The number of anilines is 1. The van der Waals surface area contributed by atoms with Crippen molar-refractivity contribution in [2.75, 3.05) is 18.5 Å². The molecule has 0 radical (unpaired) electrons. The summed E-state index contributed by atoms with van der Waals surface area (Å²) in [5.41, 5.74) is 3.43. The van der Waals surface area contributed by atoms with Gasteiger partial charge in [-0.25, -0.2) is 21.9 Å². The molecule has 4 N–H and O–H groups in total. The Balaban J connectivity index is 2.34. The minimum atomic E-state index is -4.26. The minimum Gasteiger partial charge on any atom is -0.381 e. The number of carbonyl (C=O) groups is 1. The number of sulfonamides is 1. The van der Waals surface area contributed by atoms with Gasteiger partial charge in [0.15, 0.2) is 0 Å². The molecule has 146 valence electrons. The van der Waals surface area contributed by atoms with Crippen LogP contribution in [0.4, 0.5) is 14.5 Å². The standard InChI is InChI=1S/C16H23F2N3O4S/c1-15(2,3)21-26(23,24)13-9-12(10(17)8-11(13)18)20-14(22)16(19)4-6-25-7-5-16/h8-9,21H,4-7,19H2,1-3H3,(H,20,22). The Labute approximate surface area is 151 Å². The fourth-order valence-corrected chi connectivity index (χ4v) is 4.00. The molecule has 0 saturated carbocycles. The van der Waals surface area contributed by atoms with Crippen molar-refractivity contribution in [2.45, 2.75) is 49.6 Å². The molecule has 0 aromatic heterocycles. The van der Waals surface area contributed by atoms with Gasteiger partial charge in [0.2, 0.25) is 15.9 Å². The van der Waals surface area contributed by atoms with Crippen LogP contribution in [0.2, 0.25) is 0 Å². The second-order valence-electron chi connectivity index (χ2n) is 7.34. The molecule has 1 fully saturated rings. The molecule has 0 aliphatic carbocycles. The van der Waals surface area contributed by atoms with Crippen molar-refractivity contribution in [2.24, 2.45) is 5.73 Å². The first-order chi connectivity index (χ1) is 11.8. The summed E-state index contributed by atoms with van der Waals surface area (Å²) in [6, 6.07) is 1.17. The summed E-state index contributed by atoms with van der Waals surface area (Å²) in [7, 11) is -4.26. The number of hydrogen-bond acceptors (Lipinski definition) is 5. The molecule has 1 aliphatic heterocycles. The lowest BCUT2D eigenvalue weighted by Crippen LogP contribution is -2.54. The number of nitrogens with two attached hydrogens (primary N) is 1. The van der Waals surface area contributed by atoms with Crippen LogP contribution in [0.5, 0.6) is 0 Å². The summed E-state index contributed by atoms with van der Waals surface area (Å²) >= 11 is 0. The van der Waals surface area contributed by atoms with Crippen molar-refractivity contribution < 1.29 is 26.7 Å². The molecule has 0 unspecified atom stereocenters. The highest BCUT2D eigenvalue weighted by atomic mass is 32.2. The van der Waals surface area contributed by atoms with E-state index >= 15 is 0 Å². The Morgan fingerprint density at radius 1 is 1.19 bits per heavy atom. The third kappa shape index (κ3) is 4.76. The van der Waals surface area contributed by atoms with Crippen LogP contribution in [-0.2, 0) is 19.6 Å². The zero-order valence-corrected chi connectivity index (χ0v) is 15.7. The van der Waals surface area contributed by atoms with E-state index in [4.69, 9.17) is 10.5 Å². The molecule has 1 aliphatic rings. The molecule has 1 saturated heterocycles. The van der Waals surface area contributed by atoms with E-state index in [0.717, 1.165) is 6.07 Å². The quantitative estimate of drug-likeness (QED) is 0.720. The molecular weight excluding hydrogens is 368 g/mol. The van der Waals surface area contributed by atoms with Crippen molar-refractivity contribution in [3.05, 3.63) is 23.8 Å². The van der Waals surface area contributed by atoms with Crippen LogP contribution in [0.1, 0.15) is 33.6 Å². The van der Waals surface area contributed by atoms with Crippen LogP contribution in [-0.4, -0.2) is 38.6 Å². The Bertz CT molecular complexity index is 800. The summed E-state index contributed by atoms with van der Waals surface area (Å²) < 4.78 is 60.3. The largest absolute Gasteiger partial charge is 0.381 e. The number of nitrogens with one attached hydrogen (secondary N) is 2. The summed E-state index contributed by atoms with van der Waals surface area (Å²) in [6.07, 6.45) is 0.469. The van der Waals surface area contributed by atoms with Crippen molar-refractivity contribution in [3.8, 4) is 0 Å². The number of halogens is 2. The third-order valence-electron chi connectivity index (χ3n) is 3.84. The van der Waals surface area contributed by atoms with E-state index in [1.165, 1.54) is 0 Å². The van der Waals surface area contributed by atoms with E-state index in [-0.39, 0.29) is 26.1 Å². The number of amides is 1.